The Morgan fingerprint density at radius 1 is 1.50 bits per heavy atom. The molecule has 4 heteroatoms. The van der Waals surface area contributed by atoms with Crippen molar-refractivity contribution in [3.8, 4) is 0 Å². The molecule has 0 aliphatic rings. The van der Waals surface area contributed by atoms with Gasteiger partial charge in [0.05, 0.1) is 5.52 Å². The fourth-order valence-electron chi connectivity index (χ4n) is 1.96. The second kappa shape index (κ2) is 4.61. The lowest BCUT2D eigenvalue weighted by atomic mass is 10.0. The van der Waals surface area contributed by atoms with Gasteiger partial charge in [0, 0.05) is 18.7 Å². The van der Waals surface area contributed by atoms with E-state index in [4.69, 9.17) is 5.73 Å². The van der Waals surface area contributed by atoms with Gasteiger partial charge in [-0.1, -0.05) is 13.3 Å². The van der Waals surface area contributed by atoms with Crippen molar-refractivity contribution in [2.24, 2.45) is 5.73 Å². The molecule has 0 bridgehead atoms. The van der Waals surface area contributed by atoms with E-state index in [1.807, 2.05) is 6.07 Å². The zero-order valence-electron chi connectivity index (χ0n) is 9.83. The Hall–Kier alpha value is -1.42. The van der Waals surface area contributed by atoms with Crippen LogP contribution < -0.4 is 5.73 Å². The van der Waals surface area contributed by atoms with Gasteiger partial charge >= 0.3 is 0 Å². The summed E-state index contributed by atoms with van der Waals surface area (Å²) in [5.74, 6) is 1.29. The van der Waals surface area contributed by atoms with Gasteiger partial charge in [0.25, 0.3) is 0 Å². The van der Waals surface area contributed by atoms with Crippen LogP contribution in [0.4, 0.5) is 0 Å². The number of fused-ring (bicyclic) bond motifs is 1. The molecule has 1 atom stereocenters. The van der Waals surface area contributed by atoms with Crippen molar-refractivity contribution in [2.75, 3.05) is 6.54 Å². The summed E-state index contributed by atoms with van der Waals surface area (Å²) in [5, 5.41) is 0. The number of nitrogens with one attached hydrogen (secondary N) is 1. The van der Waals surface area contributed by atoms with E-state index in [-0.39, 0.29) is 0 Å². The van der Waals surface area contributed by atoms with E-state index in [0.29, 0.717) is 12.5 Å². The van der Waals surface area contributed by atoms with Crippen molar-refractivity contribution < 1.29 is 0 Å². The number of imidazole rings is 1. The van der Waals surface area contributed by atoms with Crippen LogP contribution in [0, 0.1) is 6.92 Å². The van der Waals surface area contributed by atoms with Gasteiger partial charge in [0.2, 0.25) is 0 Å². The largest absolute Gasteiger partial charge is 0.340 e. The molecule has 0 aliphatic carbocycles. The van der Waals surface area contributed by atoms with Gasteiger partial charge < -0.3 is 10.7 Å². The standard InChI is InChI=1S/C12H18N4/c1-3-4-9(7-13)11-15-10-8(2)5-6-14-12(10)16-11/h5-6,9H,3-4,7,13H2,1-2H3,(H,14,15,16). The Morgan fingerprint density at radius 3 is 2.94 bits per heavy atom. The molecule has 16 heavy (non-hydrogen) atoms. The molecule has 0 radical (unpaired) electrons. The average molecular weight is 218 g/mol. The third-order valence-corrected chi connectivity index (χ3v) is 2.93. The molecule has 86 valence electrons. The molecule has 1 unspecified atom stereocenters. The summed E-state index contributed by atoms with van der Waals surface area (Å²) < 4.78 is 0. The van der Waals surface area contributed by atoms with Crippen LogP contribution in [0.3, 0.4) is 0 Å². The zero-order chi connectivity index (χ0) is 11.5. The van der Waals surface area contributed by atoms with Crippen molar-refractivity contribution in [1.29, 1.82) is 0 Å². The highest BCUT2D eigenvalue weighted by atomic mass is 15.0. The van der Waals surface area contributed by atoms with Crippen molar-refractivity contribution in [2.45, 2.75) is 32.6 Å². The molecular weight excluding hydrogens is 200 g/mol. The number of hydrogen-bond acceptors (Lipinski definition) is 3. The lowest BCUT2D eigenvalue weighted by Gasteiger charge is -2.09. The molecule has 0 spiro atoms. The summed E-state index contributed by atoms with van der Waals surface area (Å²) in [6.45, 7) is 4.85. The number of aromatic amines is 1. The Morgan fingerprint density at radius 2 is 2.31 bits per heavy atom. The van der Waals surface area contributed by atoms with E-state index in [0.717, 1.165) is 29.8 Å². The molecule has 0 amide bonds. The topological polar surface area (TPSA) is 67.6 Å². The molecule has 2 aromatic rings. The number of nitrogens with zero attached hydrogens (tertiary/aromatic N) is 2. The third-order valence-electron chi connectivity index (χ3n) is 2.93. The SMILES string of the molecule is CCCC(CN)c1nc2nccc(C)c2[nH]1. The predicted octanol–water partition coefficient (Wildman–Crippen LogP) is 2.11. The first-order valence-corrected chi connectivity index (χ1v) is 5.77. The molecule has 4 nitrogen and oxygen atoms in total. The fraction of sp³-hybridized carbons (Fsp3) is 0.500. The van der Waals surface area contributed by atoms with Crippen LogP contribution in [0.5, 0.6) is 0 Å². The number of H-pyrrole nitrogens is 1. The van der Waals surface area contributed by atoms with E-state index < -0.39 is 0 Å². The van der Waals surface area contributed by atoms with Crippen molar-refractivity contribution in [3.63, 3.8) is 0 Å². The number of hydrogen-bond donors (Lipinski definition) is 2. The molecule has 0 fully saturated rings. The van der Waals surface area contributed by atoms with E-state index >= 15 is 0 Å². The third kappa shape index (κ3) is 1.93. The highest BCUT2D eigenvalue weighted by molar-refractivity contribution is 5.74. The van der Waals surface area contributed by atoms with Gasteiger partial charge in [0.1, 0.15) is 5.82 Å². The first kappa shape index (κ1) is 11.1. The van der Waals surface area contributed by atoms with E-state index in [1.165, 1.54) is 5.56 Å². The molecule has 3 N–H and O–H groups in total. The van der Waals surface area contributed by atoms with Crippen LogP contribution in [0.25, 0.3) is 11.2 Å². The maximum absolute atomic E-state index is 5.77. The van der Waals surface area contributed by atoms with Gasteiger partial charge in [0.15, 0.2) is 5.65 Å². The quantitative estimate of drug-likeness (QED) is 0.825. The number of pyridine rings is 1. The van der Waals surface area contributed by atoms with Crippen LogP contribution in [0.1, 0.15) is 37.1 Å². The first-order chi connectivity index (χ1) is 7.76. The lowest BCUT2D eigenvalue weighted by Crippen LogP contribution is -2.13. The smallest absolute Gasteiger partial charge is 0.177 e. The van der Waals surface area contributed by atoms with Crippen LogP contribution in [-0.2, 0) is 0 Å². The van der Waals surface area contributed by atoms with Crippen molar-refractivity contribution in [1.82, 2.24) is 15.0 Å². The molecule has 2 rings (SSSR count). The molecular formula is C12H18N4. The number of rotatable bonds is 4. The van der Waals surface area contributed by atoms with Crippen LogP contribution in [0.2, 0.25) is 0 Å². The second-order valence-corrected chi connectivity index (χ2v) is 4.17. The number of nitrogens with two attached hydrogens (primary N) is 1. The summed E-state index contributed by atoms with van der Waals surface area (Å²) in [6.07, 6.45) is 3.97. The summed E-state index contributed by atoms with van der Waals surface area (Å²) in [4.78, 5) is 12.1. The highest BCUT2D eigenvalue weighted by Gasteiger charge is 2.14. The minimum absolute atomic E-state index is 0.318. The Balaban J connectivity index is 2.42. The van der Waals surface area contributed by atoms with Crippen molar-refractivity contribution >= 4 is 11.2 Å². The maximum atomic E-state index is 5.77. The normalized spacial score (nSPS) is 13.2. The van der Waals surface area contributed by atoms with E-state index in [2.05, 4.69) is 28.8 Å². The van der Waals surface area contributed by atoms with Crippen LogP contribution in [0.15, 0.2) is 12.3 Å². The van der Waals surface area contributed by atoms with Crippen LogP contribution in [-0.4, -0.2) is 21.5 Å². The fourth-order valence-corrected chi connectivity index (χ4v) is 1.96. The number of aromatic nitrogens is 3. The predicted molar refractivity (Wildman–Crippen MR) is 65.3 cm³/mol. The highest BCUT2D eigenvalue weighted by Crippen LogP contribution is 2.21. The van der Waals surface area contributed by atoms with Crippen LogP contribution >= 0.6 is 0 Å². The Bertz CT molecular complexity index is 475. The summed E-state index contributed by atoms with van der Waals surface area (Å²) in [5.41, 5.74) is 8.78. The second-order valence-electron chi connectivity index (χ2n) is 4.17. The lowest BCUT2D eigenvalue weighted by molar-refractivity contribution is 0.596. The summed E-state index contributed by atoms with van der Waals surface area (Å²) in [6, 6.07) is 1.99. The minimum atomic E-state index is 0.318. The van der Waals surface area contributed by atoms with Gasteiger partial charge in [-0.2, -0.15) is 0 Å². The molecule has 2 heterocycles. The number of aryl methyl sites for hydroxylation is 1. The summed E-state index contributed by atoms with van der Waals surface area (Å²) >= 11 is 0. The maximum Gasteiger partial charge on any atom is 0.177 e. The van der Waals surface area contributed by atoms with Gasteiger partial charge in [-0.15, -0.1) is 0 Å². The minimum Gasteiger partial charge on any atom is -0.340 e. The average Bonchev–Trinajstić information content (AvgIpc) is 2.71. The molecule has 0 saturated heterocycles. The molecule has 0 aliphatic heterocycles. The first-order valence-electron chi connectivity index (χ1n) is 5.77. The zero-order valence-corrected chi connectivity index (χ0v) is 9.83. The van der Waals surface area contributed by atoms with E-state index in [9.17, 15) is 0 Å². The molecule has 2 aromatic heterocycles. The monoisotopic (exact) mass is 218 g/mol. The molecule has 0 saturated carbocycles. The van der Waals surface area contributed by atoms with Gasteiger partial charge in [-0.3, -0.25) is 0 Å². The molecule has 0 aromatic carbocycles. The van der Waals surface area contributed by atoms with E-state index in [1.54, 1.807) is 6.20 Å². The van der Waals surface area contributed by atoms with Gasteiger partial charge in [-0.25, -0.2) is 9.97 Å². The van der Waals surface area contributed by atoms with Crippen molar-refractivity contribution in [3.05, 3.63) is 23.7 Å². The Labute approximate surface area is 95.3 Å². The van der Waals surface area contributed by atoms with Gasteiger partial charge in [-0.05, 0) is 25.0 Å². The Kier molecular flexibility index (Phi) is 3.19. The summed E-state index contributed by atoms with van der Waals surface area (Å²) in [7, 11) is 0.